The maximum atomic E-state index is 13.1. The summed E-state index contributed by atoms with van der Waals surface area (Å²) in [5.41, 5.74) is 7.35. The number of aromatic nitrogens is 5. The van der Waals surface area contributed by atoms with Gasteiger partial charge in [-0.2, -0.15) is 0 Å². The van der Waals surface area contributed by atoms with E-state index in [1.54, 1.807) is 17.2 Å². The molecular formula is C29H32N10O6. The highest BCUT2D eigenvalue weighted by Gasteiger charge is 2.47. The summed E-state index contributed by atoms with van der Waals surface area (Å²) in [5, 5.41) is 22.6. The van der Waals surface area contributed by atoms with Crippen LogP contribution in [0.3, 0.4) is 0 Å². The van der Waals surface area contributed by atoms with E-state index in [0.29, 0.717) is 17.9 Å². The van der Waals surface area contributed by atoms with Gasteiger partial charge in [0.2, 0.25) is 23.0 Å². The van der Waals surface area contributed by atoms with Gasteiger partial charge in [0, 0.05) is 24.2 Å². The fraction of sp³-hybridized carbons (Fsp3) is 0.379. The predicted octanol–water partition coefficient (Wildman–Crippen LogP) is 3.98. The number of nitrogens with one attached hydrogen (secondary N) is 3. The molecule has 4 heterocycles. The molecule has 0 saturated heterocycles. The molecule has 1 fully saturated rings. The summed E-state index contributed by atoms with van der Waals surface area (Å²) in [5.74, 6) is -1.97. The molecule has 234 valence electrons. The Balaban J connectivity index is 1.12. The minimum Gasteiger partial charge on any atom is -0.443 e. The summed E-state index contributed by atoms with van der Waals surface area (Å²) in [6.07, 6.45) is 6.15. The van der Waals surface area contributed by atoms with E-state index in [0.717, 1.165) is 36.9 Å². The molecule has 1 aliphatic carbocycles. The molecular weight excluding hydrogens is 584 g/mol. The first-order valence-corrected chi connectivity index (χ1v) is 14.4. The molecule has 0 unspecified atom stereocenters. The summed E-state index contributed by atoms with van der Waals surface area (Å²) in [4.78, 5) is 44.6. The Morgan fingerprint density at radius 3 is 2.40 bits per heavy atom. The first kappa shape index (κ1) is 29.5. The van der Waals surface area contributed by atoms with Gasteiger partial charge < -0.3 is 26.4 Å². The molecule has 3 aromatic heterocycles. The van der Waals surface area contributed by atoms with Crippen molar-refractivity contribution in [3.8, 4) is 0 Å². The highest BCUT2D eigenvalue weighted by Crippen LogP contribution is 2.50. The first-order valence-electron chi connectivity index (χ1n) is 14.4. The molecule has 2 aliphatic rings. The Kier molecular flexibility index (Phi) is 7.56. The Morgan fingerprint density at radius 1 is 0.956 bits per heavy atom. The summed E-state index contributed by atoms with van der Waals surface area (Å²) < 4.78 is 14.8. The van der Waals surface area contributed by atoms with E-state index in [-0.39, 0.29) is 40.6 Å². The number of para-hydroxylation sites is 1. The van der Waals surface area contributed by atoms with Crippen molar-refractivity contribution >= 4 is 46.6 Å². The van der Waals surface area contributed by atoms with E-state index in [1.807, 2.05) is 39.0 Å². The fourth-order valence-electron chi connectivity index (χ4n) is 5.81. The SMILES string of the molecule is CC(C)(C)OC(=O)N1CC2(CCC(Nc3ccncc3NC(=O)c3nonc3NC(=O)c3nonc3N)CC2)c2ccccc21. The number of ether oxygens (including phenoxy) is 1. The average Bonchev–Trinajstić information content (AvgIpc) is 3.73. The molecule has 5 N–H and O–H groups in total. The number of hydrogen-bond acceptors (Lipinski definition) is 13. The maximum absolute atomic E-state index is 13.1. The third-order valence-corrected chi connectivity index (χ3v) is 7.88. The molecule has 6 rings (SSSR count). The van der Waals surface area contributed by atoms with E-state index in [2.05, 4.69) is 52.3 Å². The molecule has 1 aromatic carbocycles. The van der Waals surface area contributed by atoms with Crippen LogP contribution in [-0.4, -0.2) is 61.7 Å². The average molecular weight is 617 g/mol. The largest absolute Gasteiger partial charge is 0.443 e. The van der Waals surface area contributed by atoms with Gasteiger partial charge >= 0.3 is 6.09 Å². The number of amides is 3. The van der Waals surface area contributed by atoms with Crippen LogP contribution in [0.2, 0.25) is 0 Å². The van der Waals surface area contributed by atoms with Crippen LogP contribution >= 0.6 is 0 Å². The number of fused-ring (bicyclic) bond motifs is 2. The zero-order valence-electron chi connectivity index (χ0n) is 24.9. The van der Waals surface area contributed by atoms with Crippen molar-refractivity contribution in [1.29, 1.82) is 0 Å². The van der Waals surface area contributed by atoms with Crippen LogP contribution in [0.25, 0.3) is 0 Å². The highest BCUT2D eigenvalue weighted by atomic mass is 16.6. The number of nitrogen functional groups attached to an aromatic ring is 1. The van der Waals surface area contributed by atoms with Gasteiger partial charge in [-0.1, -0.05) is 18.2 Å². The van der Waals surface area contributed by atoms with Crippen molar-refractivity contribution < 1.29 is 28.4 Å². The molecule has 4 aromatic rings. The van der Waals surface area contributed by atoms with Crippen LogP contribution < -0.4 is 26.6 Å². The number of carbonyl (C=O) groups excluding carboxylic acids is 3. The summed E-state index contributed by atoms with van der Waals surface area (Å²) in [6.45, 7) is 6.16. The number of nitrogens with two attached hydrogens (primary N) is 1. The van der Waals surface area contributed by atoms with Gasteiger partial charge in [-0.15, -0.1) is 0 Å². The van der Waals surface area contributed by atoms with Gasteiger partial charge in [-0.05, 0) is 84.8 Å². The van der Waals surface area contributed by atoms with E-state index >= 15 is 0 Å². The molecule has 1 saturated carbocycles. The number of rotatable bonds is 6. The van der Waals surface area contributed by atoms with Crippen LogP contribution in [0.1, 0.15) is 73.0 Å². The van der Waals surface area contributed by atoms with Crippen LogP contribution in [-0.2, 0) is 10.2 Å². The Bertz CT molecular complexity index is 1740. The zero-order valence-corrected chi connectivity index (χ0v) is 24.9. The highest BCUT2D eigenvalue weighted by molar-refractivity contribution is 6.11. The van der Waals surface area contributed by atoms with Gasteiger partial charge in [-0.25, -0.2) is 14.1 Å². The maximum Gasteiger partial charge on any atom is 0.414 e. The standard InChI is InChI=1S/C29H32N10O6/c1-28(2,3)43-27(42)39-15-29(17-6-4-5-7-20(17)39)11-8-16(9-12-29)32-18-10-13-31-14-19(18)33-26(41)22-24(38-45-36-22)34-25(40)21-23(30)37-44-35-21/h4-7,10,13-14,16H,8-9,11-12,15H2,1-3H3,(H2,30,37)(H,31,32)(H,33,41)(H,34,38,40). The smallest absolute Gasteiger partial charge is 0.414 e. The van der Waals surface area contributed by atoms with Crippen molar-refractivity contribution in [2.75, 3.05) is 33.1 Å². The van der Waals surface area contributed by atoms with E-state index < -0.39 is 17.4 Å². The van der Waals surface area contributed by atoms with Crippen LogP contribution in [0, 0.1) is 0 Å². The number of hydrogen-bond donors (Lipinski definition) is 4. The summed E-state index contributed by atoms with van der Waals surface area (Å²) >= 11 is 0. The molecule has 0 atom stereocenters. The van der Waals surface area contributed by atoms with Crippen molar-refractivity contribution in [3.05, 3.63) is 59.7 Å². The lowest BCUT2D eigenvalue weighted by atomic mass is 9.69. The van der Waals surface area contributed by atoms with Gasteiger partial charge in [0.05, 0.1) is 23.3 Å². The lowest BCUT2D eigenvalue weighted by Gasteiger charge is -2.38. The minimum atomic E-state index is -0.809. The third-order valence-electron chi connectivity index (χ3n) is 7.88. The van der Waals surface area contributed by atoms with Gasteiger partial charge in [0.25, 0.3) is 11.8 Å². The molecule has 0 bridgehead atoms. The van der Waals surface area contributed by atoms with E-state index in [1.165, 1.54) is 6.20 Å². The molecule has 3 amide bonds. The van der Waals surface area contributed by atoms with Crippen LogP contribution in [0.5, 0.6) is 0 Å². The Morgan fingerprint density at radius 2 is 1.67 bits per heavy atom. The number of anilines is 5. The predicted molar refractivity (Wildman–Crippen MR) is 161 cm³/mol. The summed E-state index contributed by atoms with van der Waals surface area (Å²) in [6, 6.07) is 9.90. The number of pyridine rings is 1. The molecule has 45 heavy (non-hydrogen) atoms. The molecule has 16 nitrogen and oxygen atoms in total. The Labute approximate surface area is 257 Å². The molecule has 16 heteroatoms. The second kappa shape index (κ2) is 11.5. The van der Waals surface area contributed by atoms with Crippen molar-refractivity contribution in [2.24, 2.45) is 0 Å². The van der Waals surface area contributed by atoms with E-state index in [9.17, 15) is 14.4 Å². The second-order valence-electron chi connectivity index (χ2n) is 12.1. The lowest BCUT2D eigenvalue weighted by Crippen LogP contribution is -2.43. The minimum absolute atomic E-state index is 0.0986. The van der Waals surface area contributed by atoms with Crippen molar-refractivity contribution in [3.63, 3.8) is 0 Å². The second-order valence-corrected chi connectivity index (χ2v) is 12.1. The molecule has 1 spiro atoms. The van der Waals surface area contributed by atoms with Gasteiger partial charge in [0.15, 0.2) is 0 Å². The van der Waals surface area contributed by atoms with Crippen LogP contribution in [0.4, 0.5) is 33.5 Å². The monoisotopic (exact) mass is 616 g/mol. The zero-order chi connectivity index (χ0) is 31.8. The number of carbonyl (C=O) groups is 3. The number of nitrogens with zero attached hydrogens (tertiary/aromatic N) is 6. The fourth-order valence-corrected chi connectivity index (χ4v) is 5.81. The third kappa shape index (κ3) is 5.98. The van der Waals surface area contributed by atoms with E-state index in [4.69, 9.17) is 15.1 Å². The first-order chi connectivity index (χ1) is 21.5. The molecule has 1 aliphatic heterocycles. The quantitative estimate of drug-likeness (QED) is 0.241. The van der Waals surface area contributed by atoms with Crippen molar-refractivity contribution in [1.82, 2.24) is 25.6 Å². The topological polar surface area (TPSA) is 217 Å². The Hall–Kier alpha value is -5.54. The molecule has 0 radical (unpaired) electrons. The number of benzene rings is 1. The van der Waals surface area contributed by atoms with Gasteiger partial charge in [-0.3, -0.25) is 19.5 Å². The van der Waals surface area contributed by atoms with Gasteiger partial charge in [0.1, 0.15) is 5.60 Å². The lowest BCUT2D eigenvalue weighted by molar-refractivity contribution is 0.0574. The van der Waals surface area contributed by atoms with Crippen molar-refractivity contribution in [2.45, 2.75) is 63.5 Å². The normalized spacial score (nSPS) is 19.2. The van der Waals surface area contributed by atoms with Crippen LogP contribution in [0.15, 0.2) is 52.0 Å². The summed E-state index contributed by atoms with van der Waals surface area (Å²) in [7, 11) is 0.